The Morgan fingerprint density at radius 3 is 2.32 bits per heavy atom. The van der Waals surface area contributed by atoms with Gasteiger partial charge in [-0.2, -0.15) is 0 Å². The van der Waals surface area contributed by atoms with Crippen molar-refractivity contribution in [3.63, 3.8) is 0 Å². The van der Waals surface area contributed by atoms with Crippen molar-refractivity contribution in [2.24, 2.45) is 0 Å². The number of hydrogen-bond acceptors (Lipinski definition) is 3. The molecule has 2 aromatic carbocycles. The molecule has 2 rings (SSSR count). The van der Waals surface area contributed by atoms with Crippen molar-refractivity contribution >= 4 is 0 Å². The number of methoxy groups -OCH3 is 2. The minimum Gasteiger partial charge on any atom is -0.497 e. The standard InChI is InChI=1S/C16H18O3/c1-11-6-4-5-7-13(11)16(17)14-10-12(18-2)8-9-15(14)19-3/h4-10,16-17H,1-3H3. The number of hydrogen-bond donors (Lipinski definition) is 1. The summed E-state index contributed by atoms with van der Waals surface area (Å²) in [5.41, 5.74) is 2.62. The fraction of sp³-hybridized carbons (Fsp3) is 0.250. The molecule has 1 N–H and O–H groups in total. The summed E-state index contributed by atoms with van der Waals surface area (Å²) < 4.78 is 10.5. The van der Waals surface area contributed by atoms with Gasteiger partial charge in [0.15, 0.2) is 0 Å². The van der Waals surface area contributed by atoms with E-state index in [1.165, 1.54) is 0 Å². The van der Waals surface area contributed by atoms with Crippen LogP contribution in [0.1, 0.15) is 22.8 Å². The van der Waals surface area contributed by atoms with Crippen molar-refractivity contribution in [2.75, 3.05) is 14.2 Å². The third kappa shape index (κ3) is 2.71. The van der Waals surface area contributed by atoms with E-state index in [-0.39, 0.29) is 0 Å². The maximum atomic E-state index is 10.6. The molecule has 2 aromatic rings. The lowest BCUT2D eigenvalue weighted by Gasteiger charge is -2.17. The first kappa shape index (κ1) is 13.4. The van der Waals surface area contributed by atoms with Gasteiger partial charge >= 0.3 is 0 Å². The number of aliphatic hydroxyl groups excluding tert-OH is 1. The Balaban J connectivity index is 2.48. The second-order valence-electron chi connectivity index (χ2n) is 4.37. The first-order valence-corrected chi connectivity index (χ1v) is 6.13. The molecule has 0 amide bonds. The molecule has 0 aliphatic heterocycles. The number of ether oxygens (including phenoxy) is 2. The van der Waals surface area contributed by atoms with Gasteiger partial charge in [-0.15, -0.1) is 0 Å². The van der Waals surface area contributed by atoms with Crippen LogP contribution in [0.25, 0.3) is 0 Å². The Kier molecular flexibility index (Phi) is 4.07. The molecule has 1 unspecified atom stereocenters. The molecule has 3 heteroatoms. The fourth-order valence-electron chi connectivity index (χ4n) is 2.11. The molecule has 19 heavy (non-hydrogen) atoms. The van der Waals surface area contributed by atoms with Crippen LogP contribution in [0.15, 0.2) is 42.5 Å². The van der Waals surface area contributed by atoms with Gasteiger partial charge in [-0.1, -0.05) is 24.3 Å². The molecule has 1 atom stereocenters. The fourth-order valence-corrected chi connectivity index (χ4v) is 2.11. The van der Waals surface area contributed by atoms with Crippen molar-refractivity contribution in [1.29, 1.82) is 0 Å². The van der Waals surface area contributed by atoms with Crippen LogP contribution in [0.3, 0.4) is 0 Å². The molecule has 0 fully saturated rings. The zero-order valence-electron chi connectivity index (χ0n) is 11.4. The number of rotatable bonds is 4. The van der Waals surface area contributed by atoms with Crippen molar-refractivity contribution in [2.45, 2.75) is 13.0 Å². The van der Waals surface area contributed by atoms with Crippen molar-refractivity contribution in [1.82, 2.24) is 0 Å². The van der Waals surface area contributed by atoms with Crippen LogP contribution in [0, 0.1) is 6.92 Å². The average molecular weight is 258 g/mol. The molecular weight excluding hydrogens is 240 g/mol. The van der Waals surface area contributed by atoms with Gasteiger partial charge in [0.2, 0.25) is 0 Å². The van der Waals surface area contributed by atoms with E-state index in [2.05, 4.69) is 0 Å². The Bertz CT molecular complexity index is 564. The summed E-state index contributed by atoms with van der Waals surface area (Å²) in [6, 6.07) is 13.2. The van der Waals surface area contributed by atoms with Crippen LogP contribution in [0.5, 0.6) is 11.5 Å². The van der Waals surface area contributed by atoms with Gasteiger partial charge in [-0.25, -0.2) is 0 Å². The highest BCUT2D eigenvalue weighted by molar-refractivity contribution is 5.46. The summed E-state index contributed by atoms with van der Waals surface area (Å²) in [5, 5.41) is 10.6. The zero-order valence-corrected chi connectivity index (χ0v) is 11.4. The van der Waals surface area contributed by atoms with Gasteiger partial charge in [0.25, 0.3) is 0 Å². The summed E-state index contributed by atoms with van der Waals surface area (Å²) in [5.74, 6) is 1.35. The second-order valence-corrected chi connectivity index (χ2v) is 4.37. The quantitative estimate of drug-likeness (QED) is 0.915. The van der Waals surface area contributed by atoms with E-state index in [0.717, 1.165) is 11.1 Å². The Hall–Kier alpha value is -2.00. The van der Waals surface area contributed by atoms with E-state index in [4.69, 9.17) is 9.47 Å². The molecule has 0 radical (unpaired) electrons. The minimum atomic E-state index is -0.730. The summed E-state index contributed by atoms with van der Waals surface area (Å²) >= 11 is 0. The maximum Gasteiger partial charge on any atom is 0.125 e. The third-order valence-electron chi connectivity index (χ3n) is 3.21. The lowest BCUT2D eigenvalue weighted by atomic mass is 9.97. The van der Waals surface area contributed by atoms with E-state index in [9.17, 15) is 5.11 Å². The van der Waals surface area contributed by atoms with E-state index >= 15 is 0 Å². The highest BCUT2D eigenvalue weighted by Gasteiger charge is 2.17. The van der Waals surface area contributed by atoms with E-state index in [1.54, 1.807) is 26.4 Å². The lowest BCUT2D eigenvalue weighted by Crippen LogP contribution is -2.04. The second kappa shape index (κ2) is 5.76. The molecule has 3 nitrogen and oxygen atoms in total. The first-order chi connectivity index (χ1) is 9.17. The smallest absolute Gasteiger partial charge is 0.125 e. The van der Waals surface area contributed by atoms with Gasteiger partial charge in [-0.3, -0.25) is 0 Å². The molecule has 0 bridgehead atoms. The van der Waals surface area contributed by atoms with Crippen molar-refractivity contribution in [3.8, 4) is 11.5 Å². The summed E-state index contributed by atoms with van der Waals surface area (Å²) in [6.07, 6.45) is -0.730. The Morgan fingerprint density at radius 1 is 0.947 bits per heavy atom. The average Bonchev–Trinajstić information content (AvgIpc) is 2.46. The van der Waals surface area contributed by atoms with Crippen LogP contribution in [-0.4, -0.2) is 19.3 Å². The first-order valence-electron chi connectivity index (χ1n) is 6.13. The van der Waals surface area contributed by atoms with Gasteiger partial charge in [-0.05, 0) is 36.2 Å². The number of aliphatic hydroxyl groups is 1. The van der Waals surface area contributed by atoms with Crippen LogP contribution < -0.4 is 9.47 Å². The molecular formula is C16H18O3. The number of aryl methyl sites for hydroxylation is 1. The molecule has 0 saturated heterocycles. The van der Waals surface area contributed by atoms with E-state index in [1.807, 2.05) is 37.3 Å². The molecule has 0 aliphatic carbocycles. The van der Waals surface area contributed by atoms with E-state index in [0.29, 0.717) is 17.1 Å². The van der Waals surface area contributed by atoms with Crippen LogP contribution in [-0.2, 0) is 0 Å². The zero-order chi connectivity index (χ0) is 13.8. The van der Waals surface area contributed by atoms with Crippen molar-refractivity contribution in [3.05, 3.63) is 59.2 Å². The topological polar surface area (TPSA) is 38.7 Å². The molecule has 0 heterocycles. The van der Waals surface area contributed by atoms with Crippen LogP contribution >= 0.6 is 0 Å². The molecule has 0 aromatic heterocycles. The van der Waals surface area contributed by atoms with Gasteiger partial charge in [0.1, 0.15) is 17.6 Å². The van der Waals surface area contributed by atoms with Gasteiger partial charge < -0.3 is 14.6 Å². The summed E-state index contributed by atoms with van der Waals surface area (Å²) in [7, 11) is 3.20. The van der Waals surface area contributed by atoms with Crippen LogP contribution in [0.4, 0.5) is 0 Å². The Morgan fingerprint density at radius 2 is 1.68 bits per heavy atom. The molecule has 0 saturated carbocycles. The third-order valence-corrected chi connectivity index (χ3v) is 3.21. The summed E-state index contributed by atoms with van der Waals surface area (Å²) in [6.45, 7) is 1.98. The van der Waals surface area contributed by atoms with Crippen LogP contribution in [0.2, 0.25) is 0 Å². The highest BCUT2D eigenvalue weighted by atomic mass is 16.5. The molecule has 100 valence electrons. The SMILES string of the molecule is COc1ccc(OC)c(C(O)c2ccccc2C)c1. The predicted octanol–water partition coefficient (Wildman–Crippen LogP) is 3.09. The normalized spacial score (nSPS) is 12.0. The van der Waals surface area contributed by atoms with Gasteiger partial charge in [0, 0.05) is 5.56 Å². The highest BCUT2D eigenvalue weighted by Crippen LogP contribution is 2.34. The number of benzene rings is 2. The minimum absolute atomic E-state index is 0.650. The van der Waals surface area contributed by atoms with Gasteiger partial charge in [0.05, 0.1) is 14.2 Å². The monoisotopic (exact) mass is 258 g/mol. The largest absolute Gasteiger partial charge is 0.497 e. The van der Waals surface area contributed by atoms with E-state index < -0.39 is 6.10 Å². The lowest BCUT2D eigenvalue weighted by molar-refractivity contribution is 0.213. The molecule has 0 aliphatic rings. The molecule has 0 spiro atoms. The maximum absolute atomic E-state index is 10.6. The predicted molar refractivity (Wildman–Crippen MR) is 74.8 cm³/mol. The van der Waals surface area contributed by atoms with Crippen molar-refractivity contribution < 1.29 is 14.6 Å². The Labute approximate surface area is 113 Å². The summed E-state index contributed by atoms with van der Waals surface area (Å²) in [4.78, 5) is 0.